The summed E-state index contributed by atoms with van der Waals surface area (Å²) in [5.74, 6) is 0.0321. The van der Waals surface area contributed by atoms with Crippen LogP contribution < -0.4 is 24.2 Å². The van der Waals surface area contributed by atoms with E-state index in [2.05, 4.69) is 28.9 Å². The van der Waals surface area contributed by atoms with E-state index in [9.17, 15) is 22.8 Å². The van der Waals surface area contributed by atoms with Crippen molar-refractivity contribution in [2.24, 2.45) is 17.8 Å². The fraction of sp³-hybridized carbons (Fsp3) is 0.611. The Kier molecular flexibility index (Phi) is 11.1. The molecule has 5 atom stereocenters. The van der Waals surface area contributed by atoms with E-state index in [4.69, 9.17) is 14.2 Å². The van der Waals surface area contributed by atoms with E-state index in [1.54, 1.807) is 26.1 Å². The molecule has 3 aliphatic rings. The van der Waals surface area contributed by atoms with Crippen LogP contribution >= 0.6 is 0 Å². The molecule has 2 aliphatic heterocycles. The van der Waals surface area contributed by atoms with Crippen molar-refractivity contribution >= 4 is 38.5 Å². The second-order valence-corrected chi connectivity index (χ2v) is 16.6. The maximum absolute atomic E-state index is 14.1. The molecule has 1 aliphatic carbocycles. The van der Waals surface area contributed by atoms with Gasteiger partial charge in [-0.25, -0.2) is 13.4 Å². The Hall–Kier alpha value is -3.87. The molecule has 13 heteroatoms. The molecule has 3 amide bonds. The van der Waals surface area contributed by atoms with Gasteiger partial charge in [0.2, 0.25) is 27.7 Å². The third-order valence-corrected chi connectivity index (χ3v) is 11.8. The minimum absolute atomic E-state index is 0.0935. The summed E-state index contributed by atoms with van der Waals surface area (Å²) in [5, 5.41) is 4.31. The molecular weight excluding hydrogens is 648 g/mol. The number of aromatic nitrogens is 1. The lowest BCUT2D eigenvalue weighted by molar-refractivity contribution is -0.140. The van der Waals surface area contributed by atoms with Crippen LogP contribution in [-0.4, -0.2) is 78.7 Å². The normalized spacial score (nSPS) is 21.7. The van der Waals surface area contributed by atoms with Gasteiger partial charge in [-0.05, 0) is 62.6 Å². The summed E-state index contributed by atoms with van der Waals surface area (Å²) in [6, 6.07) is 3.36. The highest BCUT2D eigenvalue weighted by Gasteiger charge is 2.51. The molecule has 1 aromatic carbocycles. The van der Waals surface area contributed by atoms with Crippen molar-refractivity contribution in [3.63, 3.8) is 0 Å². The highest BCUT2D eigenvalue weighted by Crippen LogP contribution is 2.42. The fourth-order valence-electron chi connectivity index (χ4n) is 6.61. The molecule has 1 saturated heterocycles. The lowest BCUT2D eigenvalue weighted by Crippen LogP contribution is -2.56. The van der Waals surface area contributed by atoms with Gasteiger partial charge in [0.15, 0.2) is 11.5 Å². The van der Waals surface area contributed by atoms with Crippen molar-refractivity contribution < 1.29 is 37.0 Å². The summed E-state index contributed by atoms with van der Waals surface area (Å²) in [6.07, 6.45) is 7.57. The number of hydrogen-bond acceptors (Lipinski definition) is 9. The second kappa shape index (κ2) is 14.9. The number of nitrogens with zero attached hydrogens (tertiary/aromatic N) is 2. The van der Waals surface area contributed by atoms with Crippen molar-refractivity contribution in [1.82, 2.24) is 19.9 Å². The predicted octanol–water partition coefficient (Wildman–Crippen LogP) is 4.51. The Morgan fingerprint density at radius 3 is 2.53 bits per heavy atom. The van der Waals surface area contributed by atoms with Crippen LogP contribution in [0.1, 0.15) is 80.1 Å². The van der Waals surface area contributed by atoms with Crippen molar-refractivity contribution in [2.45, 2.75) is 103 Å². The molecular formula is C36H50N4O8S. The first-order chi connectivity index (χ1) is 23.2. The van der Waals surface area contributed by atoms with Gasteiger partial charge in [-0.1, -0.05) is 46.8 Å². The average Bonchev–Trinajstić information content (AvgIpc) is 3.68. The molecule has 2 aromatic rings. The second-order valence-electron chi connectivity index (χ2n) is 14.4. The largest absolute Gasteiger partial charge is 0.486 e. The summed E-state index contributed by atoms with van der Waals surface area (Å²) < 4.78 is 45.2. The van der Waals surface area contributed by atoms with E-state index in [0.717, 1.165) is 11.8 Å². The molecule has 1 aromatic heterocycles. The van der Waals surface area contributed by atoms with Crippen LogP contribution in [0.4, 0.5) is 0 Å². The van der Waals surface area contributed by atoms with E-state index >= 15 is 0 Å². The summed E-state index contributed by atoms with van der Waals surface area (Å²) in [5.41, 5.74) is 0. The average molecular weight is 699 g/mol. The Balaban J connectivity index is 1.40. The predicted molar refractivity (Wildman–Crippen MR) is 186 cm³/mol. The van der Waals surface area contributed by atoms with Gasteiger partial charge < -0.3 is 24.4 Å². The number of allylic oxidation sites excluding steroid dienone is 1. The number of amides is 3. The molecule has 0 radical (unpaired) electrons. The van der Waals surface area contributed by atoms with Gasteiger partial charge in [0.25, 0.3) is 5.91 Å². The van der Waals surface area contributed by atoms with Crippen LogP contribution in [0.25, 0.3) is 10.8 Å². The van der Waals surface area contributed by atoms with E-state index in [1.165, 1.54) is 4.90 Å². The number of benzene rings is 1. The molecule has 268 valence electrons. The number of hydrogen-bond donors (Lipinski definition) is 2. The highest BCUT2D eigenvalue weighted by molar-refractivity contribution is 7.91. The van der Waals surface area contributed by atoms with Crippen LogP contribution in [0.5, 0.6) is 17.4 Å². The number of carbonyl (C=O) groups is 3. The molecule has 1 saturated carbocycles. The zero-order chi connectivity index (χ0) is 35.5. The summed E-state index contributed by atoms with van der Waals surface area (Å²) in [6.45, 7) is 12.5. The first kappa shape index (κ1) is 36.4. The first-order valence-corrected chi connectivity index (χ1v) is 18.9. The zero-order valence-corrected chi connectivity index (χ0v) is 30.2. The minimum Gasteiger partial charge on any atom is -0.486 e. The quantitative estimate of drug-likeness (QED) is 0.272. The highest BCUT2D eigenvalue weighted by atomic mass is 32.2. The molecule has 5 unspecified atom stereocenters. The molecule has 5 rings (SSSR count). The van der Waals surface area contributed by atoms with Crippen molar-refractivity contribution in [2.75, 3.05) is 19.8 Å². The molecule has 12 nitrogen and oxygen atoms in total. The van der Waals surface area contributed by atoms with Gasteiger partial charge in [-0.15, -0.1) is 0 Å². The monoisotopic (exact) mass is 698 g/mol. The smallest absolute Gasteiger partial charge is 0.256 e. The van der Waals surface area contributed by atoms with Gasteiger partial charge in [0, 0.05) is 35.7 Å². The van der Waals surface area contributed by atoms with Crippen LogP contribution in [0.3, 0.4) is 0 Å². The van der Waals surface area contributed by atoms with E-state index in [-0.39, 0.29) is 31.2 Å². The third-order valence-electron chi connectivity index (χ3n) is 9.59. The van der Waals surface area contributed by atoms with Crippen LogP contribution in [-0.2, 0) is 24.4 Å². The van der Waals surface area contributed by atoms with Crippen LogP contribution in [0, 0.1) is 17.8 Å². The zero-order valence-electron chi connectivity index (χ0n) is 29.4. The number of ether oxygens (including phenoxy) is 3. The minimum atomic E-state index is -3.94. The SMILES string of the molecule is CC/C=C\C(C)C(NC(=O)C1CC(Oc2nccc3c4c(ccc23)OCCO4)CN1C(=O)CC(C)CC(C)C)C(=O)NS(=O)(=O)C1(C)CC1. The van der Waals surface area contributed by atoms with Crippen LogP contribution in [0.15, 0.2) is 36.5 Å². The Labute approximate surface area is 289 Å². The first-order valence-electron chi connectivity index (χ1n) is 17.4. The fourth-order valence-corrected chi connectivity index (χ4v) is 7.89. The summed E-state index contributed by atoms with van der Waals surface area (Å²) >= 11 is 0. The van der Waals surface area contributed by atoms with Gasteiger partial charge in [0.05, 0.1) is 11.3 Å². The van der Waals surface area contributed by atoms with Crippen molar-refractivity contribution in [3.8, 4) is 17.4 Å². The van der Waals surface area contributed by atoms with Gasteiger partial charge >= 0.3 is 0 Å². The molecule has 0 spiro atoms. The maximum Gasteiger partial charge on any atom is 0.256 e. The molecule has 3 heterocycles. The van der Waals surface area contributed by atoms with Crippen molar-refractivity contribution in [3.05, 3.63) is 36.5 Å². The lowest BCUT2D eigenvalue weighted by atomic mass is 9.95. The number of pyridine rings is 1. The summed E-state index contributed by atoms with van der Waals surface area (Å²) in [7, 11) is -3.94. The van der Waals surface area contributed by atoms with Gasteiger partial charge in [0.1, 0.15) is 31.4 Å². The Morgan fingerprint density at radius 1 is 1.10 bits per heavy atom. The van der Waals surface area contributed by atoms with Gasteiger partial charge in [-0.3, -0.25) is 19.1 Å². The summed E-state index contributed by atoms with van der Waals surface area (Å²) in [4.78, 5) is 47.4. The number of sulfonamides is 1. The van der Waals surface area contributed by atoms with E-state index < -0.39 is 50.7 Å². The Morgan fingerprint density at radius 2 is 1.84 bits per heavy atom. The topological polar surface area (TPSA) is 153 Å². The van der Waals surface area contributed by atoms with E-state index in [1.807, 2.05) is 38.1 Å². The Bertz CT molecular complexity index is 1690. The lowest BCUT2D eigenvalue weighted by Gasteiger charge is -2.28. The third kappa shape index (κ3) is 8.30. The number of likely N-dealkylation sites (tertiary alicyclic amines) is 1. The molecule has 0 bridgehead atoms. The van der Waals surface area contributed by atoms with Crippen LogP contribution in [0.2, 0.25) is 0 Å². The number of carbonyl (C=O) groups excluding carboxylic acids is 3. The number of rotatable bonds is 14. The molecule has 2 fully saturated rings. The maximum atomic E-state index is 14.1. The van der Waals surface area contributed by atoms with E-state index in [0.29, 0.717) is 61.2 Å². The molecule has 2 N–H and O–H groups in total. The number of nitrogens with one attached hydrogen (secondary N) is 2. The molecule has 49 heavy (non-hydrogen) atoms. The van der Waals surface area contributed by atoms with Crippen molar-refractivity contribution in [1.29, 1.82) is 0 Å². The van der Waals surface area contributed by atoms with Gasteiger partial charge in [-0.2, -0.15) is 0 Å². The number of fused-ring (bicyclic) bond motifs is 3. The standard InChI is InChI=1S/C36H50N4O8S/c1-7-8-9-24(5)31(34(43)39-49(44,45)36(6)13-14-36)38-33(42)28-20-25(21-40(28)30(41)19-23(4)18-22(2)3)48-35-27-10-11-29-32(47-17-16-46-29)26(27)12-15-37-35/h8-12,15,22-25,28,31H,7,13-14,16-21H2,1-6H3,(H,38,42)(H,39,43)/b9-8-.